The molecule has 1 aliphatic rings. The molecule has 0 bridgehead atoms. The number of aromatic nitrogens is 3. The van der Waals surface area contributed by atoms with E-state index in [0.717, 1.165) is 17.0 Å². The summed E-state index contributed by atoms with van der Waals surface area (Å²) in [4.78, 5) is 16.3. The zero-order chi connectivity index (χ0) is 18.8. The summed E-state index contributed by atoms with van der Waals surface area (Å²) in [5, 5.41) is 8.81. The van der Waals surface area contributed by atoms with Gasteiger partial charge >= 0.3 is 0 Å². The molecule has 138 valence electrons. The van der Waals surface area contributed by atoms with E-state index in [0.29, 0.717) is 30.2 Å². The fourth-order valence-corrected chi connectivity index (χ4v) is 2.99. The molecule has 0 aliphatic carbocycles. The maximum atomic E-state index is 13.0. The minimum absolute atomic E-state index is 0.144. The van der Waals surface area contributed by atoms with E-state index >= 15 is 0 Å². The van der Waals surface area contributed by atoms with E-state index in [2.05, 4.69) is 10.2 Å². The average molecular weight is 364 g/mol. The van der Waals surface area contributed by atoms with Crippen LogP contribution in [-0.4, -0.2) is 39.1 Å². The summed E-state index contributed by atoms with van der Waals surface area (Å²) in [6, 6.07) is 15.3. The number of fused-ring (bicyclic) bond motifs is 1. The van der Waals surface area contributed by atoms with Gasteiger partial charge in [-0.3, -0.25) is 4.79 Å². The van der Waals surface area contributed by atoms with Crippen molar-refractivity contribution in [1.29, 1.82) is 0 Å². The summed E-state index contributed by atoms with van der Waals surface area (Å²) < 4.78 is 10.8. The largest absolute Gasteiger partial charge is 0.454 e. The molecule has 0 N–H and O–H groups in total. The van der Waals surface area contributed by atoms with Gasteiger partial charge in [-0.2, -0.15) is 9.90 Å². The molecular weight excluding hydrogens is 344 g/mol. The van der Waals surface area contributed by atoms with E-state index in [-0.39, 0.29) is 12.7 Å². The Hall–Kier alpha value is -3.35. The van der Waals surface area contributed by atoms with Crippen molar-refractivity contribution in [3.63, 3.8) is 0 Å². The van der Waals surface area contributed by atoms with E-state index in [1.165, 1.54) is 4.80 Å². The molecule has 0 fully saturated rings. The first kappa shape index (κ1) is 17.1. The van der Waals surface area contributed by atoms with Gasteiger partial charge in [0.15, 0.2) is 17.2 Å². The van der Waals surface area contributed by atoms with Crippen LogP contribution in [0.15, 0.2) is 48.5 Å². The summed E-state index contributed by atoms with van der Waals surface area (Å²) in [6.07, 6.45) is 0. The third-order valence-corrected chi connectivity index (χ3v) is 4.45. The summed E-state index contributed by atoms with van der Waals surface area (Å²) >= 11 is 0. The van der Waals surface area contributed by atoms with Gasteiger partial charge in [0.1, 0.15) is 0 Å². The number of rotatable bonds is 5. The summed E-state index contributed by atoms with van der Waals surface area (Å²) in [5.41, 5.74) is 2.76. The third-order valence-electron chi connectivity index (χ3n) is 4.45. The Balaban J connectivity index is 1.56. The highest BCUT2D eigenvalue weighted by atomic mass is 16.7. The Labute approximate surface area is 157 Å². The van der Waals surface area contributed by atoms with Gasteiger partial charge < -0.3 is 14.4 Å². The van der Waals surface area contributed by atoms with Gasteiger partial charge in [0.05, 0.1) is 11.4 Å². The van der Waals surface area contributed by atoms with Crippen LogP contribution in [0.3, 0.4) is 0 Å². The molecule has 27 heavy (non-hydrogen) atoms. The van der Waals surface area contributed by atoms with Crippen LogP contribution in [-0.2, 0) is 6.54 Å². The van der Waals surface area contributed by atoms with Gasteiger partial charge in [0.25, 0.3) is 5.91 Å². The summed E-state index contributed by atoms with van der Waals surface area (Å²) in [5.74, 6) is 1.30. The first-order chi connectivity index (χ1) is 13.2. The molecule has 1 aromatic heterocycles. The molecule has 2 aromatic carbocycles. The number of ether oxygens (including phenoxy) is 2. The maximum Gasteiger partial charge on any atom is 0.276 e. The van der Waals surface area contributed by atoms with Crippen LogP contribution in [0.1, 0.15) is 28.7 Å². The van der Waals surface area contributed by atoms with Crippen molar-refractivity contribution in [3.05, 3.63) is 65.5 Å². The van der Waals surface area contributed by atoms with E-state index in [9.17, 15) is 4.79 Å². The van der Waals surface area contributed by atoms with Gasteiger partial charge in [-0.15, -0.1) is 5.10 Å². The Morgan fingerprint density at radius 2 is 1.89 bits per heavy atom. The molecule has 7 heteroatoms. The number of nitrogens with zero attached hydrogens (tertiary/aromatic N) is 4. The molecule has 0 unspecified atom stereocenters. The molecule has 0 radical (unpaired) electrons. The number of benzene rings is 2. The first-order valence-corrected chi connectivity index (χ1v) is 8.83. The molecule has 0 spiro atoms. The molecule has 1 amide bonds. The van der Waals surface area contributed by atoms with Crippen molar-refractivity contribution in [3.8, 4) is 17.2 Å². The summed E-state index contributed by atoms with van der Waals surface area (Å²) in [6.45, 7) is 5.00. The lowest BCUT2D eigenvalue weighted by Crippen LogP contribution is -2.31. The van der Waals surface area contributed by atoms with Crippen LogP contribution in [0.25, 0.3) is 5.69 Å². The number of carbonyl (C=O) groups is 1. The Morgan fingerprint density at radius 1 is 1.11 bits per heavy atom. The monoisotopic (exact) mass is 364 g/mol. The van der Waals surface area contributed by atoms with Gasteiger partial charge in [0.2, 0.25) is 6.79 Å². The van der Waals surface area contributed by atoms with Crippen molar-refractivity contribution in [2.45, 2.75) is 20.4 Å². The van der Waals surface area contributed by atoms with Gasteiger partial charge in [-0.1, -0.05) is 24.3 Å². The Bertz CT molecular complexity index is 969. The fraction of sp³-hybridized carbons (Fsp3) is 0.250. The quantitative estimate of drug-likeness (QED) is 0.696. The van der Waals surface area contributed by atoms with Crippen LogP contribution in [0.2, 0.25) is 0 Å². The lowest BCUT2D eigenvalue weighted by molar-refractivity contribution is 0.0745. The van der Waals surface area contributed by atoms with Gasteiger partial charge in [-0.25, -0.2) is 0 Å². The number of carbonyl (C=O) groups excluding carboxylic acids is 1. The van der Waals surface area contributed by atoms with Crippen LogP contribution in [0.5, 0.6) is 11.5 Å². The SMILES string of the molecule is CCN(Cc1ccc2c(c1)OCO2)C(=O)c1nn(-c2ccccc2)nc1C. The molecule has 3 aromatic rings. The highest BCUT2D eigenvalue weighted by Gasteiger charge is 2.22. The zero-order valence-corrected chi connectivity index (χ0v) is 15.3. The number of amides is 1. The zero-order valence-electron chi connectivity index (χ0n) is 15.3. The Morgan fingerprint density at radius 3 is 2.67 bits per heavy atom. The second kappa shape index (κ2) is 7.11. The molecule has 4 rings (SSSR count). The minimum Gasteiger partial charge on any atom is -0.454 e. The minimum atomic E-state index is -0.144. The smallest absolute Gasteiger partial charge is 0.276 e. The molecule has 0 saturated carbocycles. The maximum absolute atomic E-state index is 13.0. The second-order valence-electron chi connectivity index (χ2n) is 6.27. The lowest BCUT2D eigenvalue weighted by atomic mass is 10.1. The number of hydrogen-bond acceptors (Lipinski definition) is 5. The van der Waals surface area contributed by atoms with Crippen molar-refractivity contribution in [2.24, 2.45) is 0 Å². The number of hydrogen-bond donors (Lipinski definition) is 0. The molecule has 7 nitrogen and oxygen atoms in total. The van der Waals surface area contributed by atoms with Gasteiger partial charge in [-0.05, 0) is 43.7 Å². The van der Waals surface area contributed by atoms with Crippen molar-refractivity contribution in [2.75, 3.05) is 13.3 Å². The van der Waals surface area contributed by atoms with E-state index in [1.807, 2.05) is 55.5 Å². The average Bonchev–Trinajstić information content (AvgIpc) is 3.32. The van der Waals surface area contributed by atoms with E-state index in [4.69, 9.17) is 9.47 Å². The van der Waals surface area contributed by atoms with Gasteiger partial charge in [0, 0.05) is 13.1 Å². The van der Waals surface area contributed by atoms with Crippen molar-refractivity contribution < 1.29 is 14.3 Å². The number of para-hydroxylation sites is 1. The van der Waals surface area contributed by atoms with Crippen LogP contribution in [0, 0.1) is 6.92 Å². The Kier molecular flexibility index (Phi) is 4.50. The predicted molar refractivity (Wildman–Crippen MR) is 99.1 cm³/mol. The topological polar surface area (TPSA) is 69.5 Å². The highest BCUT2D eigenvalue weighted by Crippen LogP contribution is 2.32. The normalized spacial score (nSPS) is 12.2. The fourth-order valence-electron chi connectivity index (χ4n) is 2.99. The van der Waals surface area contributed by atoms with Crippen LogP contribution in [0.4, 0.5) is 0 Å². The predicted octanol–water partition coefficient (Wildman–Crippen LogP) is 2.97. The molecule has 0 saturated heterocycles. The number of aryl methyl sites for hydroxylation is 1. The highest BCUT2D eigenvalue weighted by molar-refractivity contribution is 5.93. The molecule has 0 atom stereocenters. The van der Waals surface area contributed by atoms with Crippen LogP contribution < -0.4 is 9.47 Å². The third kappa shape index (κ3) is 3.36. The van der Waals surface area contributed by atoms with Crippen LogP contribution >= 0.6 is 0 Å². The van der Waals surface area contributed by atoms with E-state index in [1.54, 1.807) is 11.8 Å². The van der Waals surface area contributed by atoms with Crippen molar-refractivity contribution >= 4 is 5.91 Å². The molecule has 2 heterocycles. The lowest BCUT2D eigenvalue weighted by Gasteiger charge is -2.20. The second-order valence-corrected chi connectivity index (χ2v) is 6.27. The van der Waals surface area contributed by atoms with E-state index < -0.39 is 0 Å². The summed E-state index contributed by atoms with van der Waals surface area (Å²) in [7, 11) is 0. The molecule has 1 aliphatic heterocycles. The van der Waals surface area contributed by atoms with Crippen molar-refractivity contribution in [1.82, 2.24) is 19.9 Å². The standard InChI is InChI=1S/C20H20N4O3/c1-3-23(12-15-9-10-17-18(11-15)27-13-26-17)20(25)19-14(2)21-24(22-19)16-7-5-4-6-8-16/h4-11H,3,12-13H2,1-2H3. The first-order valence-electron chi connectivity index (χ1n) is 8.83. The molecular formula is C20H20N4O3.